The van der Waals surface area contributed by atoms with Crippen molar-refractivity contribution in [2.45, 2.75) is 19.4 Å². The Labute approximate surface area is 126 Å². The summed E-state index contributed by atoms with van der Waals surface area (Å²) in [5.41, 5.74) is 0.910. The van der Waals surface area contributed by atoms with E-state index in [2.05, 4.69) is 0 Å². The topological polar surface area (TPSA) is 57.6 Å². The van der Waals surface area contributed by atoms with Crippen molar-refractivity contribution < 1.29 is 14.7 Å². The van der Waals surface area contributed by atoms with Crippen LogP contribution >= 0.6 is 11.6 Å². The molecule has 2 amide bonds. The van der Waals surface area contributed by atoms with Gasteiger partial charge in [-0.25, -0.2) is 0 Å². The van der Waals surface area contributed by atoms with E-state index in [1.807, 2.05) is 6.92 Å². The molecule has 1 aliphatic heterocycles. The molecule has 0 spiro atoms. The fourth-order valence-corrected chi connectivity index (χ4v) is 3.02. The quantitative estimate of drug-likeness (QED) is 0.887. The molecule has 0 saturated carbocycles. The molecule has 0 fully saturated rings. The Kier molecular flexibility index (Phi) is 3.43. The minimum Gasteiger partial charge on any atom is -0.394 e. The van der Waals surface area contributed by atoms with Crippen molar-refractivity contribution in [2.24, 2.45) is 0 Å². The Morgan fingerprint density at radius 3 is 2.43 bits per heavy atom. The predicted molar refractivity (Wildman–Crippen MR) is 80.6 cm³/mol. The first-order valence-corrected chi connectivity index (χ1v) is 7.18. The first-order chi connectivity index (χ1) is 10.1. The maximum Gasteiger partial charge on any atom is 0.261 e. The van der Waals surface area contributed by atoms with Crippen molar-refractivity contribution >= 4 is 34.2 Å². The van der Waals surface area contributed by atoms with Gasteiger partial charge in [-0.3, -0.25) is 14.5 Å². The third-order valence-corrected chi connectivity index (χ3v) is 4.26. The van der Waals surface area contributed by atoms with Crippen molar-refractivity contribution in [1.29, 1.82) is 0 Å². The lowest BCUT2D eigenvalue weighted by atomic mass is 9.93. The molecule has 5 heteroatoms. The number of nitrogens with zero attached hydrogens (tertiary/aromatic N) is 1. The molecule has 108 valence electrons. The molecule has 1 heterocycles. The van der Waals surface area contributed by atoms with Crippen molar-refractivity contribution in [1.82, 2.24) is 4.90 Å². The van der Waals surface area contributed by atoms with Crippen LogP contribution in [0.15, 0.2) is 30.3 Å². The highest BCUT2D eigenvalue weighted by Gasteiger charge is 2.36. The minimum atomic E-state index is -0.510. The Morgan fingerprint density at radius 2 is 1.81 bits per heavy atom. The van der Waals surface area contributed by atoms with Crippen molar-refractivity contribution in [2.75, 3.05) is 6.61 Å². The van der Waals surface area contributed by atoms with Crippen LogP contribution in [0.4, 0.5) is 0 Å². The Hall–Kier alpha value is -1.91. The molecule has 2 aromatic carbocycles. The molecule has 0 aliphatic carbocycles. The molecule has 1 atom stereocenters. The molecule has 3 rings (SSSR count). The largest absolute Gasteiger partial charge is 0.394 e. The molecule has 0 bridgehead atoms. The average molecular weight is 304 g/mol. The summed E-state index contributed by atoms with van der Waals surface area (Å²) in [6.07, 6.45) is 0.507. The number of rotatable bonds is 3. The van der Waals surface area contributed by atoms with Gasteiger partial charge in [-0.1, -0.05) is 30.7 Å². The van der Waals surface area contributed by atoms with Crippen LogP contribution in [0.5, 0.6) is 0 Å². The Morgan fingerprint density at radius 1 is 1.14 bits per heavy atom. The Bertz CT molecular complexity index is 730. The van der Waals surface area contributed by atoms with Crippen LogP contribution in [0.1, 0.15) is 34.1 Å². The zero-order chi connectivity index (χ0) is 15.1. The van der Waals surface area contributed by atoms with E-state index in [9.17, 15) is 14.7 Å². The molecule has 0 aromatic heterocycles. The SMILES string of the molecule is CCC(CO)N1C(=O)c2cccc3c(Cl)ccc(c23)C1=O. The van der Waals surface area contributed by atoms with Gasteiger partial charge in [0.1, 0.15) is 0 Å². The van der Waals surface area contributed by atoms with Gasteiger partial charge in [0.2, 0.25) is 0 Å². The van der Waals surface area contributed by atoms with Crippen molar-refractivity contribution in [3.63, 3.8) is 0 Å². The summed E-state index contributed by atoms with van der Waals surface area (Å²) in [6, 6.07) is 8.02. The second kappa shape index (κ2) is 5.13. The van der Waals surface area contributed by atoms with Gasteiger partial charge < -0.3 is 5.11 Å². The lowest BCUT2D eigenvalue weighted by Crippen LogP contribution is -2.48. The molecule has 1 unspecified atom stereocenters. The standard InChI is InChI=1S/C16H14ClNO3/c1-2-9(8-19)18-15(20)11-5-3-4-10-13(17)7-6-12(14(10)11)16(18)21/h3-7,9,19H,2,8H2,1H3. The summed E-state index contributed by atoms with van der Waals surface area (Å²) in [7, 11) is 0. The lowest BCUT2D eigenvalue weighted by molar-refractivity contribution is 0.0466. The first kappa shape index (κ1) is 14.0. The number of hydrogen-bond donors (Lipinski definition) is 1. The summed E-state index contributed by atoms with van der Waals surface area (Å²) >= 11 is 6.15. The van der Waals surface area contributed by atoms with Crippen LogP contribution in [-0.4, -0.2) is 34.5 Å². The number of aliphatic hydroxyl groups is 1. The third-order valence-electron chi connectivity index (χ3n) is 3.93. The maximum atomic E-state index is 12.6. The summed E-state index contributed by atoms with van der Waals surface area (Å²) in [5.74, 6) is -0.748. The van der Waals surface area contributed by atoms with E-state index in [1.165, 1.54) is 0 Å². The number of imide groups is 1. The molecular weight excluding hydrogens is 290 g/mol. The van der Waals surface area contributed by atoms with Gasteiger partial charge in [-0.05, 0) is 24.6 Å². The zero-order valence-corrected chi connectivity index (χ0v) is 12.2. The second-order valence-corrected chi connectivity index (χ2v) is 5.46. The molecule has 1 N–H and O–H groups in total. The number of halogens is 1. The predicted octanol–water partition coefficient (Wildman–Crippen LogP) is 2.86. The Balaban J connectivity index is 2.29. The second-order valence-electron chi connectivity index (χ2n) is 5.05. The molecule has 0 saturated heterocycles. The minimum absolute atomic E-state index is 0.243. The molecule has 4 nitrogen and oxygen atoms in total. The molecule has 0 radical (unpaired) electrons. The van der Waals surface area contributed by atoms with Crippen LogP contribution in [-0.2, 0) is 0 Å². The van der Waals surface area contributed by atoms with Gasteiger partial charge in [-0.15, -0.1) is 0 Å². The van der Waals surface area contributed by atoms with E-state index in [-0.39, 0.29) is 18.4 Å². The van der Waals surface area contributed by atoms with E-state index in [0.717, 1.165) is 4.90 Å². The van der Waals surface area contributed by atoms with Gasteiger partial charge in [0, 0.05) is 26.9 Å². The average Bonchev–Trinajstić information content (AvgIpc) is 2.50. The maximum absolute atomic E-state index is 12.6. The number of carbonyl (C=O) groups excluding carboxylic acids is 2. The van der Waals surface area contributed by atoms with E-state index >= 15 is 0 Å². The highest BCUT2D eigenvalue weighted by Crippen LogP contribution is 2.34. The van der Waals surface area contributed by atoms with E-state index in [4.69, 9.17) is 11.6 Å². The number of carbonyl (C=O) groups is 2. The van der Waals surface area contributed by atoms with Crippen LogP contribution < -0.4 is 0 Å². The molecule has 21 heavy (non-hydrogen) atoms. The number of benzene rings is 2. The van der Waals surface area contributed by atoms with Crippen LogP contribution in [0, 0.1) is 0 Å². The highest BCUT2D eigenvalue weighted by molar-refractivity contribution is 6.38. The van der Waals surface area contributed by atoms with Gasteiger partial charge in [0.25, 0.3) is 11.8 Å². The fourth-order valence-electron chi connectivity index (χ4n) is 2.80. The van der Waals surface area contributed by atoms with Gasteiger partial charge in [-0.2, -0.15) is 0 Å². The van der Waals surface area contributed by atoms with Crippen LogP contribution in [0.25, 0.3) is 10.8 Å². The summed E-state index contributed by atoms with van der Waals surface area (Å²) in [4.78, 5) is 26.4. The molecule has 1 aliphatic rings. The smallest absolute Gasteiger partial charge is 0.261 e. The molecule has 2 aromatic rings. The van der Waals surface area contributed by atoms with E-state index in [0.29, 0.717) is 33.3 Å². The van der Waals surface area contributed by atoms with Gasteiger partial charge in [0.05, 0.1) is 12.6 Å². The zero-order valence-electron chi connectivity index (χ0n) is 11.5. The van der Waals surface area contributed by atoms with Gasteiger partial charge >= 0.3 is 0 Å². The highest BCUT2D eigenvalue weighted by atomic mass is 35.5. The number of hydrogen-bond acceptors (Lipinski definition) is 3. The fraction of sp³-hybridized carbons (Fsp3) is 0.250. The summed E-state index contributed by atoms with van der Waals surface area (Å²) in [6.45, 7) is 1.59. The van der Waals surface area contributed by atoms with E-state index in [1.54, 1.807) is 30.3 Å². The van der Waals surface area contributed by atoms with Crippen LogP contribution in [0.2, 0.25) is 5.02 Å². The number of amides is 2. The normalized spacial score (nSPS) is 15.7. The number of aliphatic hydroxyl groups excluding tert-OH is 1. The summed E-state index contributed by atoms with van der Waals surface area (Å²) in [5, 5.41) is 11.2. The lowest BCUT2D eigenvalue weighted by Gasteiger charge is -2.32. The monoisotopic (exact) mass is 303 g/mol. The van der Waals surface area contributed by atoms with Crippen LogP contribution in [0.3, 0.4) is 0 Å². The molecular formula is C16H14ClNO3. The van der Waals surface area contributed by atoms with Crippen molar-refractivity contribution in [3.05, 3.63) is 46.5 Å². The summed E-state index contributed by atoms with van der Waals surface area (Å²) < 4.78 is 0. The van der Waals surface area contributed by atoms with Gasteiger partial charge in [0.15, 0.2) is 0 Å². The third kappa shape index (κ3) is 1.94. The van der Waals surface area contributed by atoms with Crippen molar-refractivity contribution in [3.8, 4) is 0 Å². The van der Waals surface area contributed by atoms with E-state index < -0.39 is 6.04 Å². The first-order valence-electron chi connectivity index (χ1n) is 6.80.